The molecule has 2 aromatic heterocycles. The number of carbonyl (C=O) groups is 3. The minimum Gasteiger partial charge on any atom is -0.444 e. The number of nitrogens with zero attached hydrogens (tertiary/aromatic N) is 5. The SMILES string of the molecule is CC(C)(C)OC(=O)N1CCC2(CC1)CN(CCN1Cc3cc(C=CC(=O)N4CC=C(Cc5cccs5)CC4)cnc3NC1=O)C2. The van der Waals surface area contributed by atoms with Gasteiger partial charge in [0.2, 0.25) is 5.91 Å². The zero-order valence-electron chi connectivity index (χ0n) is 26.6. The maximum absolute atomic E-state index is 12.9. The van der Waals surface area contributed by atoms with Gasteiger partial charge in [-0.25, -0.2) is 14.6 Å². The number of carbonyl (C=O) groups excluding carboxylic acids is 3. The third-order valence-corrected chi connectivity index (χ3v) is 10.0. The van der Waals surface area contributed by atoms with E-state index in [1.54, 1.807) is 23.6 Å². The molecule has 0 radical (unpaired) electrons. The van der Waals surface area contributed by atoms with Crippen molar-refractivity contribution in [3.8, 4) is 0 Å². The molecule has 6 rings (SSSR count). The zero-order valence-corrected chi connectivity index (χ0v) is 27.4. The van der Waals surface area contributed by atoms with Gasteiger partial charge in [0.1, 0.15) is 11.4 Å². The van der Waals surface area contributed by atoms with Crippen LogP contribution >= 0.6 is 11.3 Å². The number of aromatic nitrogens is 1. The summed E-state index contributed by atoms with van der Waals surface area (Å²) in [4.78, 5) is 51.8. The smallest absolute Gasteiger partial charge is 0.410 e. The van der Waals surface area contributed by atoms with Gasteiger partial charge in [0.15, 0.2) is 0 Å². The van der Waals surface area contributed by atoms with Gasteiger partial charge in [0, 0.05) is 81.5 Å². The summed E-state index contributed by atoms with van der Waals surface area (Å²) in [5.74, 6) is 0.579. The molecule has 45 heavy (non-hydrogen) atoms. The zero-order chi connectivity index (χ0) is 31.6. The Hall–Kier alpha value is -3.70. The van der Waals surface area contributed by atoms with Gasteiger partial charge < -0.3 is 24.3 Å². The van der Waals surface area contributed by atoms with Crippen molar-refractivity contribution in [1.82, 2.24) is 24.6 Å². The maximum Gasteiger partial charge on any atom is 0.410 e. The normalized spacial score (nSPS) is 20.1. The van der Waals surface area contributed by atoms with Crippen LogP contribution in [0.2, 0.25) is 0 Å². The molecule has 10 nitrogen and oxygen atoms in total. The number of thiophene rings is 1. The standard InChI is InChI=1S/C34H44N6O4S/c1-33(2,3)44-32(43)39-14-10-34(11-15-39)23-37(24-34)16-17-40-22-27-19-26(21-35-30(27)36-31(40)42)6-7-29(41)38-12-8-25(9-13-38)20-28-5-4-18-45-28/h4-8,18-19,21H,9-17,20,22-24H2,1-3H3,(H,35,36,42). The largest absolute Gasteiger partial charge is 0.444 e. The number of urea groups is 1. The van der Waals surface area contributed by atoms with E-state index in [1.807, 2.05) is 47.6 Å². The molecule has 2 saturated heterocycles. The Morgan fingerprint density at radius 1 is 1.13 bits per heavy atom. The Kier molecular flexibility index (Phi) is 9.01. The Bertz CT molecular complexity index is 1460. The number of hydrogen-bond donors (Lipinski definition) is 1. The van der Waals surface area contributed by atoms with E-state index in [9.17, 15) is 14.4 Å². The molecule has 0 aromatic carbocycles. The van der Waals surface area contributed by atoms with Gasteiger partial charge in [-0.05, 0) is 74.6 Å². The van der Waals surface area contributed by atoms with Crippen LogP contribution in [-0.2, 0) is 22.5 Å². The van der Waals surface area contributed by atoms with Crippen LogP contribution in [0.15, 0.2) is 47.5 Å². The first kappa shape index (κ1) is 31.3. The monoisotopic (exact) mass is 632 g/mol. The number of likely N-dealkylation sites (tertiary alicyclic amines) is 2. The van der Waals surface area contributed by atoms with Crippen LogP contribution in [-0.4, -0.2) is 101 Å². The average Bonchev–Trinajstić information content (AvgIpc) is 3.50. The van der Waals surface area contributed by atoms with Crippen LogP contribution in [0.25, 0.3) is 6.08 Å². The molecule has 4 amide bonds. The van der Waals surface area contributed by atoms with Gasteiger partial charge in [-0.3, -0.25) is 10.1 Å². The molecule has 0 unspecified atom stereocenters. The van der Waals surface area contributed by atoms with Crippen LogP contribution in [0.1, 0.15) is 56.0 Å². The molecule has 6 heterocycles. The summed E-state index contributed by atoms with van der Waals surface area (Å²) >= 11 is 1.77. The highest BCUT2D eigenvalue weighted by molar-refractivity contribution is 7.09. The number of amides is 4. The molecule has 0 saturated carbocycles. The molecule has 2 aromatic rings. The lowest BCUT2D eigenvalue weighted by atomic mass is 9.72. The minimum absolute atomic E-state index is 0.00286. The second kappa shape index (κ2) is 13.0. The first-order valence-electron chi connectivity index (χ1n) is 16.0. The van der Waals surface area contributed by atoms with Gasteiger partial charge in [0.25, 0.3) is 0 Å². The minimum atomic E-state index is -0.478. The van der Waals surface area contributed by atoms with Crippen molar-refractivity contribution in [1.29, 1.82) is 0 Å². The third kappa shape index (κ3) is 7.76. The molecule has 11 heteroatoms. The van der Waals surface area contributed by atoms with Gasteiger partial charge in [-0.1, -0.05) is 17.7 Å². The predicted octanol–water partition coefficient (Wildman–Crippen LogP) is 5.24. The fourth-order valence-corrected chi connectivity index (χ4v) is 7.36. The van der Waals surface area contributed by atoms with Crippen molar-refractivity contribution < 1.29 is 19.1 Å². The Labute approximate surface area is 269 Å². The van der Waals surface area contributed by atoms with Crippen LogP contribution in [0.4, 0.5) is 15.4 Å². The molecule has 4 aliphatic heterocycles. The van der Waals surface area contributed by atoms with Crippen LogP contribution < -0.4 is 5.32 Å². The summed E-state index contributed by atoms with van der Waals surface area (Å²) < 4.78 is 5.54. The van der Waals surface area contributed by atoms with Gasteiger partial charge in [0.05, 0.1) is 6.54 Å². The predicted molar refractivity (Wildman–Crippen MR) is 176 cm³/mol. The molecule has 0 atom stereocenters. The van der Waals surface area contributed by atoms with Crippen LogP contribution in [0.5, 0.6) is 0 Å². The highest BCUT2D eigenvalue weighted by Crippen LogP contribution is 2.40. The molecular weight excluding hydrogens is 588 g/mol. The number of pyridine rings is 1. The van der Waals surface area contributed by atoms with Gasteiger partial charge in [-0.2, -0.15) is 0 Å². The first-order chi connectivity index (χ1) is 21.5. The van der Waals surface area contributed by atoms with E-state index < -0.39 is 5.60 Å². The summed E-state index contributed by atoms with van der Waals surface area (Å²) in [6.07, 6.45) is 10.9. The second-order valence-corrected chi connectivity index (χ2v) is 14.8. The molecular formula is C34H44N6O4S. The molecule has 2 fully saturated rings. The van der Waals surface area contributed by atoms with Crippen LogP contribution in [0.3, 0.4) is 0 Å². The summed E-state index contributed by atoms with van der Waals surface area (Å²) in [6, 6.07) is 6.11. The second-order valence-electron chi connectivity index (χ2n) is 13.8. The molecule has 240 valence electrons. The number of anilines is 1. The van der Waals surface area contributed by atoms with Crippen molar-refractivity contribution >= 4 is 41.3 Å². The topological polar surface area (TPSA) is 98.3 Å². The molecule has 0 bridgehead atoms. The van der Waals surface area contributed by atoms with E-state index in [0.717, 1.165) is 76.1 Å². The van der Waals surface area contributed by atoms with Crippen molar-refractivity contribution in [3.05, 3.63) is 63.5 Å². The van der Waals surface area contributed by atoms with Crippen molar-refractivity contribution in [2.75, 3.05) is 57.7 Å². The number of fused-ring (bicyclic) bond motifs is 1. The summed E-state index contributed by atoms with van der Waals surface area (Å²) in [6.45, 7) is 12.4. The molecule has 1 spiro atoms. The lowest BCUT2D eigenvalue weighted by Crippen LogP contribution is -2.62. The molecule has 0 aliphatic carbocycles. The summed E-state index contributed by atoms with van der Waals surface area (Å²) in [7, 11) is 0. The Morgan fingerprint density at radius 3 is 2.62 bits per heavy atom. The first-order valence-corrected chi connectivity index (χ1v) is 16.8. The van der Waals surface area contributed by atoms with Gasteiger partial charge >= 0.3 is 12.1 Å². The van der Waals surface area contributed by atoms with E-state index in [4.69, 9.17) is 4.74 Å². The van der Waals surface area contributed by atoms with E-state index >= 15 is 0 Å². The van der Waals surface area contributed by atoms with Crippen molar-refractivity contribution in [2.24, 2.45) is 5.41 Å². The lowest BCUT2D eigenvalue weighted by Gasteiger charge is -2.54. The average molecular weight is 633 g/mol. The highest BCUT2D eigenvalue weighted by Gasteiger charge is 2.45. The van der Waals surface area contributed by atoms with Crippen LogP contribution in [0, 0.1) is 5.41 Å². The van der Waals surface area contributed by atoms with E-state index in [-0.39, 0.29) is 23.4 Å². The Balaban J connectivity index is 0.953. The lowest BCUT2D eigenvalue weighted by molar-refractivity contribution is -0.125. The van der Waals surface area contributed by atoms with E-state index in [0.29, 0.717) is 25.5 Å². The number of rotatable bonds is 7. The van der Waals surface area contributed by atoms with E-state index in [2.05, 4.69) is 38.8 Å². The molecule has 4 aliphatic rings. The van der Waals surface area contributed by atoms with E-state index in [1.165, 1.54) is 10.5 Å². The molecule has 1 N–H and O–H groups in total. The third-order valence-electron chi connectivity index (χ3n) is 9.16. The summed E-state index contributed by atoms with van der Waals surface area (Å²) in [5.41, 5.74) is 2.96. The van der Waals surface area contributed by atoms with Crippen molar-refractivity contribution in [3.63, 3.8) is 0 Å². The number of nitrogens with one attached hydrogen (secondary N) is 1. The maximum atomic E-state index is 12.9. The van der Waals surface area contributed by atoms with Crippen molar-refractivity contribution in [2.45, 2.75) is 58.6 Å². The number of ether oxygens (including phenoxy) is 1. The Morgan fingerprint density at radius 2 is 1.93 bits per heavy atom. The quantitative estimate of drug-likeness (QED) is 0.331. The fourth-order valence-electron chi connectivity index (χ4n) is 6.60. The number of hydrogen-bond acceptors (Lipinski definition) is 7. The van der Waals surface area contributed by atoms with Gasteiger partial charge in [-0.15, -0.1) is 11.3 Å². The highest BCUT2D eigenvalue weighted by atomic mass is 32.1. The fraction of sp³-hybridized carbons (Fsp3) is 0.529. The number of piperidine rings is 1. The summed E-state index contributed by atoms with van der Waals surface area (Å²) in [5, 5.41) is 5.03.